The van der Waals surface area contributed by atoms with Gasteiger partial charge in [-0.2, -0.15) is 0 Å². The Morgan fingerprint density at radius 1 is 0.880 bits per heavy atom. The van der Waals surface area contributed by atoms with Gasteiger partial charge in [-0.1, -0.05) is 35.6 Å². The standard InChI is InChI=1S/C19H13N5S/c20-19-24-23-18(25-19)13-2-1-11-3-5-14(15(11)9-13)12-4-6-16-17(10-12)22-8-7-21-16/h1-2,4-10H,3H2,(H2,20,24). The van der Waals surface area contributed by atoms with Gasteiger partial charge in [0.2, 0.25) is 5.13 Å². The van der Waals surface area contributed by atoms with Crippen LogP contribution in [0.1, 0.15) is 16.7 Å². The first-order valence-corrected chi connectivity index (χ1v) is 8.73. The predicted octanol–water partition coefficient (Wildman–Crippen LogP) is 3.72. The number of allylic oxidation sites excluding steroid dienone is 1. The number of hydrogen-bond acceptors (Lipinski definition) is 6. The monoisotopic (exact) mass is 343 g/mol. The number of hydrogen-bond donors (Lipinski definition) is 1. The molecule has 5 nitrogen and oxygen atoms in total. The molecule has 2 aromatic heterocycles. The lowest BCUT2D eigenvalue weighted by Crippen LogP contribution is -1.90. The van der Waals surface area contributed by atoms with Gasteiger partial charge < -0.3 is 5.73 Å². The van der Waals surface area contributed by atoms with Crippen LogP contribution in [0.5, 0.6) is 0 Å². The molecule has 0 bridgehead atoms. The van der Waals surface area contributed by atoms with E-state index in [1.165, 1.54) is 28.0 Å². The third-order valence-electron chi connectivity index (χ3n) is 4.39. The molecule has 1 aliphatic carbocycles. The molecule has 0 radical (unpaired) electrons. The number of aromatic nitrogens is 4. The van der Waals surface area contributed by atoms with E-state index in [0.717, 1.165) is 33.6 Å². The van der Waals surface area contributed by atoms with Gasteiger partial charge in [-0.3, -0.25) is 9.97 Å². The largest absolute Gasteiger partial charge is 0.374 e. The summed E-state index contributed by atoms with van der Waals surface area (Å²) in [6.45, 7) is 0. The first kappa shape index (κ1) is 14.2. The van der Waals surface area contributed by atoms with E-state index >= 15 is 0 Å². The van der Waals surface area contributed by atoms with Gasteiger partial charge in [0, 0.05) is 18.0 Å². The minimum atomic E-state index is 0.486. The Hall–Kier alpha value is -3.12. The minimum absolute atomic E-state index is 0.486. The Labute approximate surface area is 147 Å². The summed E-state index contributed by atoms with van der Waals surface area (Å²) in [5, 5.41) is 9.40. The third-order valence-corrected chi connectivity index (χ3v) is 5.20. The molecule has 25 heavy (non-hydrogen) atoms. The average molecular weight is 343 g/mol. The maximum Gasteiger partial charge on any atom is 0.203 e. The molecule has 0 amide bonds. The normalized spacial score (nSPS) is 13.0. The predicted molar refractivity (Wildman–Crippen MR) is 100 cm³/mol. The highest BCUT2D eigenvalue weighted by molar-refractivity contribution is 7.18. The van der Waals surface area contributed by atoms with Crippen molar-refractivity contribution in [3.8, 4) is 10.6 Å². The van der Waals surface area contributed by atoms with Crippen LogP contribution < -0.4 is 5.73 Å². The Balaban J connectivity index is 1.61. The van der Waals surface area contributed by atoms with E-state index in [0.29, 0.717) is 5.13 Å². The summed E-state index contributed by atoms with van der Waals surface area (Å²) in [5.74, 6) is 0. The Morgan fingerprint density at radius 3 is 2.56 bits per heavy atom. The second-order valence-electron chi connectivity index (χ2n) is 5.90. The van der Waals surface area contributed by atoms with Crippen LogP contribution >= 0.6 is 11.3 Å². The molecule has 0 aliphatic heterocycles. The number of fused-ring (bicyclic) bond motifs is 2. The molecular formula is C19H13N5S. The summed E-state index contributed by atoms with van der Waals surface area (Å²) < 4.78 is 0. The molecule has 120 valence electrons. The quantitative estimate of drug-likeness (QED) is 0.600. The lowest BCUT2D eigenvalue weighted by Gasteiger charge is -2.09. The summed E-state index contributed by atoms with van der Waals surface area (Å²) in [6.07, 6.45) is 6.63. The minimum Gasteiger partial charge on any atom is -0.374 e. The molecule has 0 atom stereocenters. The van der Waals surface area contributed by atoms with Gasteiger partial charge in [-0.15, -0.1) is 10.2 Å². The number of rotatable bonds is 2. The van der Waals surface area contributed by atoms with Crippen molar-refractivity contribution in [1.82, 2.24) is 20.2 Å². The fourth-order valence-corrected chi connectivity index (χ4v) is 3.82. The second-order valence-corrected chi connectivity index (χ2v) is 6.91. The summed E-state index contributed by atoms with van der Waals surface area (Å²) in [6, 6.07) is 12.6. The summed E-state index contributed by atoms with van der Waals surface area (Å²) in [7, 11) is 0. The number of nitrogens with zero attached hydrogens (tertiary/aromatic N) is 4. The van der Waals surface area contributed by atoms with E-state index in [2.05, 4.69) is 56.6 Å². The van der Waals surface area contributed by atoms with Gasteiger partial charge in [0.15, 0.2) is 0 Å². The van der Waals surface area contributed by atoms with Crippen molar-refractivity contribution in [2.45, 2.75) is 6.42 Å². The molecule has 2 N–H and O–H groups in total. The van der Waals surface area contributed by atoms with Crippen LogP contribution in [0.3, 0.4) is 0 Å². The number of nitrogens with two attached hydrogens (primary N) is 1. The van der Waals surface area contributed by atoms with Crippen molar-refractivity contribution >= 4 is 33.1 Å². The molecule has 0 saturated heterocycles. The summed E-state index contributed by atoms with van der Waals surface area (Å²) in [4.78, 5) is 8.76. The van der Waals surface area contributed by atoms with Crippen molar-refractivity contribution in [3.63, 3.8) is 0 Å². The Kier molecular flexibility index (Phi) is 3.11. The molecule has 0 saturated carbocycles. The van der Waals surface area contributed by atoms with Crippen LogP contribution in [-0.2, 0) is 6.42 Å². The van der Waals surface area contributed by atoms with Gasteiger partial charge in [-0.05, 0) is 46.9 Å². The molecule has 2 aromatic carbocycles. The van der Waals surface area contributed by atoms with E-state index < -0.39 is 0 Å². The summed E-state index contributed by atoms with van der Waals surface area (Å²) >= 11 is 1.40. The Morgan fingerprint density at radius 2 is 1.72 bits per heavy atom. The van der Waals surface area contributed by atoms with Crippen LogP contribution in [0, 0.1) is 0 Å². The van der Waals surface area contributed by atoms with Crippen LogP contribution in [0.2, 0.25) is 0 Å². The smallest absolute Gasteiger partial charge is 0.203 e. The zero-order valence-electron chi connectivity index (χ0n) is 13.2. The highest BCUT2D eigenvalue weighted by Gasteiger charge is 2.18. The van der Waals surface area contributed by atoms with E-state index in [-0.39, 0.29) is 0 Å². The van der Waals surface area contributed by atoms with Gasteiger partial charge in [-0.25, -0.2) is 0 Å². The fraction of sp³-hybridized carbons (Fsp3) is 0.0526. The zero-order valence-corrected chi connectivity index (χ0v) is 14.0. The van der Waals surface area contributed by atoms with Crippen LogP contribution in [0.4, 0.5) is 5.13 Å². The number of nitrogen functional groups attached to an aromatic ring is 1. The fourth-order valence-electron chi connectivity index (χ4n) is 3.22. The average Bonchev–Trinajstić information content (AvgIpc) is 3.27. The van der Waals surface area contributed by atoms with E-state index in [1.54, 1.807) is 12.4 Å². The van der Waals surface area contributed by atoms with Gasteiger partial charge in [0.1, 0.15) is 5.01 Å². The van der Waals surface area contributed by atoms with Gasteiger partial charge in [0.05, 0.1) is 11.0 Å². The molecule has 4 aromatic rings. The molecule has 0 unspecified atom stereocenters. The van der Waals surface area contributed by atoms with Crippen molar-refractivity contribution in [3.05, 3.63) is 71.6 Å². The van der Waals surface area contributed by atoms with E-state index in [4.69, 9.17) is 5.73 Å². The van der Waals surface area contributed by atoms with Crippen LogP contribution in [0.15, 0.2) is 54.9 Å². The molecule has 1 aliphatic rings. The highest BCUT2D eigenvalue weighted by Crippen LogP contribution is 2.37. The molecule has 6 heteroatoms. The van der Waals surface area contributed by atoms with Gasteiger partial charge >= 0.3 is 0 Å². The second kappa shape index (κ2) is 5.46. The number of benzene rings is 2. The van der Waals surface area contributed by atoms with Crippen LogP contribution in [-0.4, -0.2) is 20.2 Å². The SMILES string of the molecule is Nc1nnc(-c2ccc3c(c2)C(c2ccc4nccnc4c2)=CC3)s1. The van der Waals surface area contributed by atoms with Crippen molar-refractivity contribution < 1.29 is 0 Å². The first-order valence-electron chi connectivity index (χ1n) is 7.92. The molecule has 0 spiro atoms. The van der Waals surface area contributed by atoms with Gasteiger partial charge in [0.25, 0.3) is 0 Å². The third kappa shape index (κ3) is 2.38. The highest BCUT2D eigenvalue weighted by atomic mass is 32.1. The molecule has 2 heterocycles. The zero-order chi connectivity index (χ0) is 16.8. The van der Waals surface area contributed by atoms with Crippen molar-refractivity contribution in [2.75, 3.05) is 5.73 Å². The molecule has 5 rings (SSSR count). The molecular weight excluding hydrogens is 330 g/mol. The van der Waals surface area contributed by atoms with E-state index in [1.807, 2.05) is 6.07 Å². The van der Waals surface area contributed by atoms with E-state index in [9.17, 15) is 0 Å². The lowest BCUT2D eigenvalue weighted by atomic mass is 9.97. The maximum atomic E-state index is 5.72. The Bertz CT molecular complexity index is 1150. The summed E-state index contributed by atoms with van der Waals surface area (Å²) in [5.41, 5.74) is 13.5. The topological polar surface area (TPSA) is 77.6 Å². The molecule has 0 fully saturated rings. The first-order chi connectivity index (χ1) is 12.3. The van der Waals surface area contributed by atoms with Crippen molar-refractivity contribution in [1.29, 1.82) is 0 Å². The maximum absolute atomic E-state index is 5.72. The number of anilines is 1. The lowest BCUT2D eigenvalue weighted by molar-refractivity contribution is 1.10. The van der Waals surface area contributed by atoms with Crippen molar-refractivity contribution in [2.24, 2.45) is 0 Å². The van der Waals surface area contributed by atoms with Crippen LogP contribution in [0.25, 0.3) is 27.2 Å².